The first-order chi connectivity index (χ1) is 7.52. The topological polar surface area (TPSA) is 47.3 Å². The zero-order valence-electron chi connectivity index (χ0n) is 8.34. The molecule has 16 heavy (non-hydrogen) atoms. The van der Waals surface area contributed by atoms with Crippen LogP contribution in [0, 0.1) is 0 Å². The van der Waals surface area contributed by atoms with Crippen molar-refractivity contribution in [1.82, 2.24) is 5.43 Å². The molecule has 1 heterocycles. The van der Waals surface area contributed by atoms with Gasteiger partial charge in [-0.05, 0) is 28.8 Å². The summed E-state index contributed by atoms with van der Waals surface area (Å²) in [6.07, 6.45) is 0.717. The summed E-state index contributed by atoms with van der Waals surface area (Å²) in [5.41, 5.74) is 3.28. The van der Waals surface area contributed by atoms with Crippen LogP contribution in [-0.4, -0.2) is 12.0 Å². The lowest BCUT2D eigenvalue weighted by Gasteiger charge is -2.21. The van der Waals surface area contributed by atoms with Gasteiger partial charge in [-0.3, -0.25) is 5.84 Å². The quantitative estimate of drug-likeness (QED) is 0.488. The minimum atomic E-state index is -3.43. The van der Waals surface area contributed by atoms with Crippen LogP contribution in [0.1, 0.15) is 17.2 Å². The molecule has 0 fully saturated rings. The largest absolute Gasteiger partial charge is 0.493 e. The fourth-order valence-electron chi connectivity index (χ4n) is 1.77. The highest BCUT2D eigenvalue weighted by molar-refractivity contribution is 6.22. The van der Waals surface area contributed by atoms with Gasteiger partial charge in [-0.1, -0.05) is 12.1 Å². The van der Waals surface area contributed by atoms with Gasteiger partial charge in [0.15, 0.2) is 0 Å². The molecule has 0 radical (unpaired) electrons. The molecular weight excluding hydrogens is 238 g/mol. The number of fused-ring (bicyclic) bond motifs is 1. The number of nitrogens with two attached hydrogens (primary N) is 1. The molecule has 1 unspecified atom stereocenters. The number of hydrogen-bond donors (Lipinski definition) is 2. The first-order valence-electron chi connectivity index (χ1n) is 4.81. The molecule has 88 valence electrons. The van der Waals surface area contributed by atoms with Crippen molar-refractivity contribution in [3.05, 3.63) is 29.3 Å². The zero-order valence-corrected chi connectivity index (χ0v) is 9.10. The molecule has 3 N–H and O–H groups in total. The Balaban J connectivity index is 2.33. The van der Waals surface area contributed by atoms with Crippen molar-refractivity contribution in [1.29, 1.82) is 0 Å². The second-order valence-electron chi connectivity index (χ2n) is 3.61. The van der Waals surface area contributed by atoms with Crippen LogP contribution in [-0.2, 0) is 6.42 Å². The Morgan fingerprint density at radius 3 is 2.88 bits per heavy atom. The third-order valence-electron chi connectivity index (χ3n) is 2.54. The first-order valence-corrected chi connectivity index (χ1v) is 5.18. The number of ether oxygens (including phenoxy) is 1. The number of alkyl halides is 3. The lowest BCUT2D eigenvalue weighted by molar-refractivity contribution is 0.0497. The summed E-state index contributed by atoms with van der Waals surface area (Å²) < 4.78 is 31.3. The van der Waals surface area contributed by atoms with E-state index in [1.165, 1.54) is 6.07 Å². The summed E-state index contributed by atoms with van der Waals surface area (Å²) in [5.74, 6) is 5.82. The Bertz CT molecular complexity index is 395. The lowest BCUT2D eigenvalue weighted by atomic mass is 10.0. The summed E-state index contributed by atoms with van der Waals surface area (Å²) in [5, 5.41) is -3.43. The van der Waals surface area contributed by atoms with Crippen molar-refractivity contribution in [3.63, 3.8) is 0 Å². The van der Waals surface area contributed by atoms with Gasteiger partial charge in [0.05, 0.1) is 6.61 Å². The number of nitrogens with one attached hydrogen (secondary N) is 1. The van der Waals surface area contributed by atoms with E-state index in [4.69, 9.17) is 22.2 Å². The molecule has 6 heteroatoms. The lowest BCUT2D eigenvalue weighted by Crippen LogP contribution is -2.37. The van der Waals surface area contributed by atoms with E-state index in [-0.39, 0.29) is 0 Å². The van der Waals surface area contributed by atoms with E-state index in [0.29, 0.717) is 18.6 Å². The van der Waals surface area contributed by atoms with E-state index in [0.717, 1.165) is 11.3 Å². The Hall–Kier alpha value is -0.910. The van der Waals surface area contributed by atoms with Crippen LogP contribution < -0.4 is 16.0 Å². The Kier molecular flexibility index (Phi) is 3.01. The minimum absolute atomic E-state index is 0.353. The van der Waals surface area contributed by atoms with Crippen LogP contribution in [0.4, 0.5) is 8.78 Å². The van der Waals surface area contributed by atoms with Gasteiger partial charge in [0.25, 0.3) is 0 Å². The van der Waals surface area contributed by atoms with Crippen LogP contribution in [0.25, 0.3) is 0 Å². The number of rotatable bonds is 3. The number of benzene rings is 1. The third-order valence-corrected chi connectivity index (χ3v) is 2.76. The molecule has 1 atom stereocenters. The van der Waals surface area contributed by atoms with Crippen LogP contribution in [0.3, 0.4) is 0 Å². The molecule has 3 nitrogen and oxygen atoms in total. The second kappa shape index (κ2) is 4.16. The van der Waals surface area contributed by atoms with Gasteiger partial charge in [-0.2, -0.15) is 8.78 Å². The highest BCUT2D eigenvalue weighted by Crippen LogP contribution is 2.36. The molecule has 0 aromatic heterocycles. The van der Waals surface area contributed by atoms with E-state index in [9.17, 15) is 8.78 Å². The predicted octanol–water partition coefficient (Wildman–Crippen LogP) is 1.96. The monoisotopic (exact) mass is 248 g/mol. The number of hydrogen-bond acceptors (Lipinski definition) is 3. The van der Waals surface area contributed by atoms with Crippen molar-refractivity contribution < 1.29 is 13.5 Å². The molecule has 1 aliphatic heterocycles. The molecular formula is C10H11ClF2N2O. The second-order valence-corrected chi connectivity index (χ2v) is 4.11. The maximum absolute atomic E-state index is 13.0. The molecule has 0 spiro atoms. The van der Waals surface area contributed by atoms with Gasteiger partial charge in [-0.15, -0.1) is 0 Å². The third kappa shape index (κ3) is 2.11. The average molecular weight is 249 g/mol. The molecule has 0 bridgehead atoms. The summed E-state index contributed by atoms with van der Waals surface area (Å²) in [6, 6.07) is 3.43. The van der Waals surface area contributed by atoms with Crippen LogP contribution in [0.5, 0.6) is 5.75 Å². The van der Waals surface area contributed by atoms with Crippen molar-refractivity contribution in [2.24, 2.45) is 5.84 Å². The highest BCUT2D eigenvalue weighted by atomic mass is 35.5. The molecule has 1 aliphatic rings. The Labute approximate surface area is 96.5 Å². The van der Waals surface area contributed by atoms with E-state index < -0.39 is 11.4 Å². The van der Waals surface area contributed by atoms with E-state index >= 15 is 0 Å². The fourth-order valence-corrected chi connectivity index (χ4v) is 1.95. The van der Waals surface area contributed by atoms with E-state index in [1.54, 1.807) is 12.1 Å². The summed E-state index contributed by atoms with van der Waals surface area (Å²) >= 11 is 4.98. The van der Waals surface area contributed by atoms with Crippen molar-refractivity contribution in [2.75, 3.05) is 6.61 Å². The normalized spacial score (nSPS) is 16.8. The zero-order chi connectivity index (χ0) is 11.8. The maximum atomic E-state index is 13.0. The summed E-state index contributed by atoms with van der Waals surface area (Å²) in [4.78, 5) is 0. The standard InChI is InChI=1S/C10H11ClF2N2O/c11-10(12,13)9(15-14)7-1-2-8-6(5-7)3-4-16-8/h1-2,5,9,15H,3-4,14H2. The smallest absolute Gasteiger partial charge is 0.342 e. The van der Waals surface area contributed by atoms with Gasteiger partial charge < -0.3 is 4.74 Å². The van der Waals surface area contributed by atoms with E-state index in [1.807, 2.05) is 5.43 Å². The van der Waals surface area contributed by atoms with Gasteiger partial charge in [0.2, 0.25) is 0 Å². The predicted molar refractivity (Wildman–Crippen MR) is 56.5 cm³/mol. The first kappa shape index (κ1) is 11.6. The molecule has 0 aliphatic carbocycles. The molecule has 0 saturated heterocycles. The average Bonchev–Trinajstić information content (AvgIpc) is 2.63. The van der Waals surface area contributed by atoms with Gasteiger partial charge in [-0.25, -0.2) is 5.43 Å². The summed E-state index contributed by atoms with van der Waals surface area (Å²) in [6.45, 7) is 0.580. The molecule has 2 rings (SSSR count). The van der Waals surface area contributed by atoms with Crippen molar-refractivity contribution in [2.45, 2.75) is 17.8 Å². The van der Waals surface area contributed by atoms with E-state index in [2.05, 4.69) is 0 Å². The Morgan fingerprint density at radius 2 is 2.25 bits per heavy atom. The summed E-state index contributed by atoms with van der Waals surface area (Å²) in [7, 11) is 0. The van der Waals surface area contributed by atoms with Gasteiger partial charge in [0.1, 0.15) is 11.8 Å². The maximum Gasteiger partial charge on any atom is 0.342 e. The minimum Gasteiger partial charge on any atom is -0.493 e. The molecule has 0 amide bonds. The van der Waals surface area contributed by atoms with Crippen LogP contribution >= 0.6 is 11.6 Å². The molecule has 1 aromatic rings. The van der Waals surface area contributed by atoms with Crippen molar-refractivity contribution >= 4 is 11.6 Å². The number of hydrazine groups is 1. The fraction of sp³-hybridized carbons (Fsp3) is 0.400. The Morgan fingerprint density at radius 1 is 1.50 bits per heavy atom. The number of halogens is 3. The van der Waals surface area contributed by atoms with Crippen LogP contribution in [0.15, 0.2) is 18.2 Å². The van der Waals surface area contributed by atoms with Gasteiger partial charge >= 0.3 is 5.38 Å². The molecule has 0 saturated carbocycles. The van der Waals surface area contributed by atoms with Gasteiger partial charge in [0, 0.05) is 6.42 Å². The SMILES string of the molecule is NNC(c1ccc2c(c1)CCO2)C(F)(F)Cl. The van der Waals surface area contributed by atoms with Crippen LogP contribution in [0.2, 0.25) is 0 Å². The highest BCUT2D eigenvalue weighted by Gasteiger charge is 2.38. The molecule has 1 aromatic carbocycles. The van der Waals surface area contributed by atoms with Crippen molar-refractivity contribution in [3.8, 4) is 5.75 Å².